The van der Waals surface area contributed by atoms with Gasteiger partial charge in [0.1, 0.15) is 0 Å². The number of hydrogen-bond donors (Lipinski definition) is 0. The van der Waals surface area contributed by atoms with Crippen molar-refractivity contribution in [2.24, 2.45) is 17.8 Å². The molecular weight excluding hydrogens is 222 g/mol. The fourth-order valence-corrected chi connectivity index (χ4v) is 4.05. The van der Waals surface area contributed by atoms with Crippen LogP contribution < -0.4 is 0 Å². The Kier molecular flexibility index (Phi) is 3.92. The maximum atomic E-state index is 2.71. The van der Waals surface area contributed by atoms with Gasteiger partial charge in [-0.15, -0.1) is 0 Å². The molecule has 2 saturated heterocycles. The van der Waals surface area contributed by atoms with E-state index in [1.807, 2.05) is 0 Å². The molecule has 0 unspecified atom stereocenters. The first kappa shape index (κ1) is 12.9. The average Bonchev–Trinajstić information content (AvgIpc) is 2.27. The van der Waals surface area contributed by atoms with Crippen molar-refractivity contribution in [1.82, 2.24) is 14.7 Å². The highest BCUT2D eigenvalue weighted by Gasteiger charge is 2.30. The predicted molar refractivity (Wildman–Crippen MR) is 75.8 cm³/mol. The molecule has 18 heavy (non-hydrogen) atoms. The van der Waals surface area contributed by atoms with E-state index in [1.165, 1.54) is 65.2 Å². The van der Waals surface area contributed by atoms with Crippen molar-refractivity contribution in [1.29, 1.82) is 0 Å². The van der Waals surface area contributed by atoms with E-state index >= 15 is 0 Å². The van der Waals surface area contributed by atoms with Crippen molar-refractivity contribution in [3.8, 4) is 0 Å². The van der Waals surface area contributed by atoms with E-state index in [4.69, 9.17) is 0 Å². The van der Waals surface area contributed by atoms with Crippen molar-refractivity contribution >= 4 is 0 Å². The third-order valence-corrected chi connectivity index (χ3v) is 5.11. The summed E-state index contributed by atoms with van der Waals surface area (Å²) in [6.45, 7) is 13.0. The molecule has 0 aromatic heterocycles. The molecule has 1 saturated carbocycles. The topological polar surface area (TPSA) is 9.72 Å². The second-order valence-corrected chi connectivity index (χ2v) is 7.13. The van der Waals surface area contributed by atoms with Crippen LogP contribution >= 0.6 is 0 Å². The number of nitrogens with zero attached hydrogens (tertiary/aromatic N) is 3. The second kappa shape index (κ2) is 5.48. The normalized spacial score (nSPS) is 36.3. The molecule has 0 spiro atoms. The van der Waals surface area contributed by atoms with Gasteiger partial charge in [-0.3, -0.25) is 0 Å². The highest BCUT2D eigenvalue weighted by molar-refractivity contribution is 4.84. The van der Waals surface area contributed by atoms with Gasteiger partial charge in [0, 0.05) is 52.4 Å². The molecule has 1 aliphatic carbocycles. The molecule has 0 amide bonds. The molecule has 0 radical (unpaired) electrons. The molecule has 104 valence electrons. The first-order valence-corrected chi connectivity index (χ1v) is 7.82. The molecule has 3 heteroatoms. The summed E-state index contributed by atoms with van der Waals surface area (Å²) in [5, 5.41) is 0. The Hall–Kier alpha value is -0.120. The first-order chi connectivity index (χ1) is 8.69. The lowest BCUT2D eigenvalue weighted by atomic mass is 9.76. The van der Waals surface area contributed by atoms with Crippen LogP contribution in [0.1, 0.15) is 19.8 Å². The van der Waals surface area contributed by atoms with Crippen LogP contribution in [0.2, 0.25) is 0 Å². The minimum atomic E-state index is 0.953. The number of piperazine rings is 1. The second-order valence-electron chi connectivity index (χ2n) is 7.13. The summed E-state index contributed by atoms with van der Waals surface area (Å²) >= 11 is 0. The Morgan fingerprint density at radius 3 is 1.78 bits per heavy atom. The minimum Gasteiger partial charge on any atom is -0.306 e. The van der Waals surface area contributed by atoms with Gasteiger partial charge in [-0.2, -0.15) is 0 Å². The van der Waals surface area contributed by atoms with E-state index in [-0.39, 0.29) is 0 Å². The minimum absolute atomic E-state index is 0.953. The van der Waals surface area contributed by atoms with Gasteiger partial charge in [0.05, 0.1) is 0 Å². The van der Waals surface area contributed by atoms with Gasteiger partial charge in [-0.25, -0.2) is 0 Å². The van der Waals surface area contributed by atoms with E-state index in [0.29, 0.717) is 0 Å². The fourth-order valence-electron chi connectivity index (χ4n) is 4.05. The molecule has 0 atom stereocenters. The van der Waals surface area contributed by atoms with Gasteiger partial charge in [0.25, 0.3) is 0 Å². The zero-order valence-electron chi connectivity index (χ0n) is 12.1. The van der Waals surface area contributed by atoms with Crippen LogP contribution in [0.25, 0.3) is 0 Å². The average molecular weight is 251 g/mol. The molecule has 0 bridgehead atoms. The van der Waals surface area contributed by atoms with Crippen molar-refractivity contribution < 1.29 is 0 Å². The lowest BCUT2D eigenvalue weighted by Crippen LogP contribution is -2.54. The zero-order chi connectivity index (χ0) is 12.5. The summed E-state index contributed by atoms with van der Waals surface area (Å²) in [4.78, 5) is 7.83. The first-order valence-electron chi connectivity index (χ1n) is 7.82. The van der Waals surface area contributed by atoms with Gasteiger partial charge < -0.3 is 14.7 Å². The zero-order valence-corrected chi connectivity index (χ0v) is 12.1. The third kappa shape index (κ3) is 3.06. The van der Waals surface area contributed by atoms with Crippen molar-refractivity contribution in [3.63, 3.8) is 0 Å². The van der Waals surface area contributed by atoms with Crippen molar-refractivity contribution in [3.05, 3.63) is 0 Å². The molecule has 0 aromatic carbocycles. The number of rotatable bonds is 4. The predicted octanol–water partition coefficient (Wildman–Crippen LogP) is 1.21. The van der Waals surface area contributed by atoms with Gasteiger partial charge in [-0.1, -0.05) is 6.92 Å². The van der Waals surface area contributed by atoms with Gasteiger partial charge in [0.15, 0.2) is 0 Å². The van der Waals surface area contributed by atoms with Crippen LogP contribution in [0.15, 0.2) is 0 Å². The van der Waals surface area contributed by atoms with Crippen LogP contribution in [0.4, 0.5) is 0 Å². The summed E-state index contributed by atoms with van der Waals surface area (Å²) in [5.74, 6) is 2.98. The van der Waals surface area contributed by atoms with Crippen molar-refractivity contribution in [2.75, 3.05) is 59.4 Å². The Balaban J connectivity index is 1.31. The molecule has 3 rings (SSSR count). The van der Waals surface area contributed by atoms with E-state index in [9.17, 15) is 0 Å². The molecular formula is C15H29N3. The maximum Gasteiger partial charge on any atom is 0.0110 e. The summed E-state index contributed by atoms with van der Waals surface area (Å²) < 4.78 is 0. The monoisotopic (exact) mass is 251 g/mol. The van der Waals surface area contributed by atoms with E-state index in [2.05, 4.69) is 28.7 Å². The van der Waals surface area contributed by atoms with E-state index in [1.54, 1.807) is 0 Å². The molecule has 0 N–H and O–H groups in total. The third-order valence-electron chi connectivity index (χ3n) is 5.11. The van der Waals surface area contributed by atoms with Crippen LogP contribution in [0.5, 0.6) is 0 Å². The molecule has 3 aliphatic rings. The Morgan fingerprint density at radius 2 is 1.33 bits per heavy atom. The van der Waals surface area contributed by atoms with Crippen molar-refractivity contribution in [2.45, 2.75) is 19.8 Å². The lowest BCUT2D eigenvalue weighted by molar-refractivity contribution is 0.0476. The highest BCUT2D eigenvalue weighted by atomic mass is 15.3. The van der Waals surface area contributed by atoms with Gasteiger partial charge >= 0.3 is 0 Å². The smallest absolute Gasteiger partial charge is 0.0110 e. The van der Waals surface area contributed by atoms with Crippen LogP contribution in [0, 0.1) is 17.8 Å². The molecule has 3 fully saturated rings. The van der Waals surface area contributed by atoms with Crippen LogP contribution in [-0.4, -0.2) is 74.1 Å². The SMILES string of the molecule is CC1CC(CN2CCN(CC3CN(C)C3)CC2)C1. The van der Waals surface area contributed by atoms with Gasteiger partial charge in [0.2, 0.25) is 0 Å². The largest absolute Gasteiger partial charge is 0.306 e. The summed E-state index contributed by atoms with van der Waals surface area (Å²) in [6.07, 6.45) is 2.96. The summed E-state index contributed by atoms with van der Waals surface area (Å²) in [7, 11) is 2.23. The van der Waals surface area contributed by atoms with E-state index in [0.717, 1.165) is 17.8 Å². The van der Waals surface area contributed by atoms with Crippen LogP contribution in [-0.2, 0) is 0 Å². The quantitative estimate of drug-likeness (QED) is 0.744. The van der Waals surface area contributed by atoms with E-state index < -0.39 is 0 Å². The standard InChI is InChI=1S/C15H29N3/c1-13-7-14(8-13)11-17-3-5-18(6-4-17)12-15-9-16(2)10-15/h13-15H,3-12H2,1-2H3. The van der Waals surface area contributed by atoms with Gasteiger partial charge in [-0.05, 0) is 37.6 Å². The highest BCUT2D eigenvalue weighted by Crippen LogP contribution is 2.33. The fraction of sp³-hybridized carbons (Fsp3) is 1.00. The maximum absolute atomic E-state index is 2.71. The Bertz CT molecular complexity index is 233. The lowest BCUT2D eigenvalue weighted by Gasteiger charge is -2.43. The van der Waals surface area contributed by atoms with Crippen LogP contribution in [0.3, 0.4) is 0 Å². The molecule has 3 nitrogen and oxygen atoms in total. The Labute approximate surface area is 112 Å². The molecule has 2 heterocycles. The Morgan fingerprint density at radius 1 is 0.833 bits per heavy atom. The molecule has 0 aromatic rings. The summed E-state index contributed by atoms with van der Waals surface area (Å²) in [6, 6.07) is 0. The summed E-state index contributed by atoms with van der Waals surface area (Å²) in [5.41, 5.74) is 0. The number of likely N-dealkylation sites (tertiary alicyclic amines) is 1. The number of hydrogen-bond acceptors (Lipinski definition) is 3. The molecule has 2 aliphatic heterocycles.